The van der Waals surface area contributed by atoms with Crippen LogP contribution >= 0.6 is 0 Å². The Morgan fingerprint density at radius 3 is 2.45 bits per heavy atom. The fraction of sp³-hybridized carbons (Fsp3) is 0.611. The standard InChI is InChI=1S/C18H28N2O2/c1-18(2,3)22-17(21)20-12-15(16(11-19)13-20)10-9-14-7-5-4-6-8-14/h4-8,15-16H,9-13,19H2,1-3H3/t15-,16-/m0/s1. The molecule has 1 amide bonds. The zero-order valence-electron chi connectivity index (χ0n) is 13.9. The number of rotatable bonds is 4. The second-order valence-electron chi connectivity index (χ2n) is 7.17. The summed E-state index contributed by atoms with van der Waals surface area (Å²) in [6.07, 6.45) is 1.88. The first-order valence-electron chi connectivity index (χ1n) is 8.11. The molecule has 4 nitrogen and oxygen atoms in total. The molecule has 1 fully saturated rings. The average molecular weight is 304 g/mol. The smallest absolute Gasteiger partial charge is 0.410 e. The third-order valence-electron chi connectivity index (χ3n) is 4.18. The van der Waals surface area contributed by atoms with Crippen molar-refractivity contribution in [1.29, 1.82) is 0 Å². The molecular weight excluding hydrogens is 276 g/mol. The zero-order valence-corrected chi connectivity index (χ0v) is 13.9. The van der Waals surface area contributed by atoms with E-state index in [2.05, 4.69) is 24.3 Å². The quantitative estimate of drug-likeness (QED) is 0.930. The van der Waals surface area contributed by atoms with Crippen LogP contribution in [-0.4, -0.2) is 36.2 Å². The first-order valence-corrected chi connectivity index (χ1v) is 8.11. The minimum atomic E-state index is -0.447. The molecule has 1 aliphatic rings. The van der Waals surface area contributed by atoms with Crippen LogP contribution in [-0.2, 0) is 11.2 Å². The van der Waals surface area contributed by atoms with Crippen LogP contribution in [0.2, 0.25) is 0 Å². The predicted octanol–water partition coefficient (Wildman–Crippen LogP) is 3.06. The second kappa shape index (κ2) is 7.14. The Morgan fingerprint density at radius 2 is 1.86 bits per heavy atom. The highest BCUT2D eigenvalue weighted by molar-refractivity contribution is 5.68. The second-order valence-corrected chi connectivity index (χ2v) is 7.17. The van der Waals surface area contributed by atoms with Crippen molar-refractivity contribution in [2.75, 3.05) is 19.6 Å². The maximum absolute atomic E-state index is 12.2. The lowest BCUT2D eigenvalue weighted by Gasteiger charge is -2.24. The Morgan fingerprint density at radius 1 is 1.23 bits per heavy atom. The number of ether oxygens (including phenoxy) is 1. The van der Waals surface area contributed by atoms with E-state index in [1.807, 2.05) is 31.7 Å². The van der Waals surface area contributed by atoms with Crippen LogP contribution < -0.4 is 5.73 Å². The molecule has 0 bridgehead atoms. The Labute approximate surface area is 133 Å². The summed E-state index contributed by atoms with van der Waals surface area (Å²) >= 11 is 0. The molecule has 0 radical (unpaired) electrons. The number of amides is 1. The number of carbonyl (C=O) groups excluding carboxylic acids is 1. The number of benzene rings is 1. The van der Waals surface area contributed by atoms with Gasteiger partial charge in [0.15, 0.2) is 0 Å². The molecule has 0 aromatic heterocycles. The fourth-order valence-corrected chi connectivity index (χ4v) is 3.01. The Bertz CT molecular complexity index is 482. The summed E-state index contributed by atoms with van der Waals surface area (Å²) in [5, 5.41) is 0. The topological polar surface area (TPSA) is 55.6 Å². The van der Waals surface area contributed by atoms with Gasteiger partial charge in [0, 0.05) is 13.1 Å². The highest BCUT2D eigenvalue weighted by Gasteiger charge is 2.35. The average Bonchev–Trinajstić information content (AvgIpc) is 2.88. The van der Waals surface area contributed by atoms with Crippen molar-refractivity contribution in [3.05, 3.63) is 35.9 Å². The molecule has 0 spiro atoms. The summed E-state index contributed by atoms with van der Waals surface area (Å²) < 4.78 is 5.47. The lowest BCUT2D eigenvalue weighted by molar-refractivity contribution is 0.0284. The lowest BCUT2D eigenvalue weighted by atomic mass is 9.90. The lowest BCUT2D eigenvalue weighted by Crippen LogP contribution is -2.35. The highest BCUT2D eigenvalue weighted by Crippen LogP contribution is 2.28. The van der Waals surface area contributed by atoms with Crippen LogP contribution in [0.25, 0.3) is 0 Å². The summed E-state index contributed by atoms with van der Waals surface area (Å²) in [7, 11) is 0. The minimum absolute atomic E-state index is 0.215. The van der Waals surface area contributed by atoms with E-state index in [1.165, 1.54) is 5.56 Å². The van der Waals surface area contributed by atoms with E-state index in [-0.39, 0.29) is 6.09 Å². The molecule has 0 unspecified atom stereocenters. The van der Waals surface area contributed by atoms with Crippen molar-refractivity contribution in [2.45, 2.75) is 39.2 Å². The summed E-state index contributed by atoms with van der Waals surface area (Å²) in [5.41, 5.74) is 6.80. The van der Waals surface area contributed by atoms with E-state index < -0.39 is 5.60 Å². The van der Waals surface area contributed by atoms with E-state index >= 15 is 0 Å². The van der Waals surface area contributed by atoms with Gasteiger partial charge in [-0.1, -0.05) is 30.3 Å². The molecule has 22 heavy (non-hydrogen) atoms. The highest BCUT2D eigenvalue weighted by atomic mass is 16.6. The van der Waals surface area contributed by atoms with Crippen LogP contribution in [0.5, 0.6) is 0 Å². The molecule has 0 saturated carbocycles. The Balaban J connectivity index is 1.90. The van der Waals surface area contributed by atoms with E-state index in [0.29, 0.717) is 24.9 Å². The van der Waals surface area contributed by atoms with Gasteiger partial charge in [-0.3, -0.25) is 0 Å². The minimum Gasteiger partial charge on any atom is -0.444 e. The van der Waals surface area contributed by atoms with E-state index in [1.54, 1.807) is 0 Å². The SMILES string of the molecule is CC(C)(C)OC(=O)N1C[C@H](CN)[C@@H](CCc2ccccc2)C1. The number of aryl methyl sites for hydroxylation is 1. The molecule has 1 heterocycles. The van der Waals surface area contributed by atoms with Crippen molar-refractivity contribution >= 4 is 6.09 Å². The van der Waals surface area contributed by atoms with Gasteiger partial charge in [0.1, 0.15) is 5.60 Å². The monoisotopic (exact) mass is 304 g/mol. The molecule has 2 N–H and O–H groups in total. The number of carbonyl (C=O) groups is 1. The van der Waals surface area contributed by atoms with E-state index in [0.717, 1.165) is 19.4 Å². The number of likely N-dealkylation sites (tertiary alicyclic amines) is 1. The molecule has 1 aromatic carbocycles. The Kier molecular flexibility index (Phi) is 5.46. The van der Waals surface area contributed by atoms with Gasteiger partial charge in [0.2, 0.25) is 0 Å². The molecule has 4 heteroatoms. The van der Waals surface area contributed by atoms with Crippen molar-refractivity contribution in [2.24, 2.45) is 17.6 Å². The van der Waals surface area contributed by atoms with Gasteiger partial charge in [-0.2, -0.15) is 0 Å². The number of hydrogen-bond acceptors (Lipinski definition) is 3. The van der Waals surface area contributed by atoms with Crippen LogP contribution in [0.3, 0.4) is 0 Å². The fourth-order valence-electron chi connectivity index (χ4n) is 3.01. The molecule has 1 saturated heterocycles. The molecule has 2 rings (SSSR count). The van der Waals surface area contributed by atoms with Crippen LogP contribution in [0, 0.1) is 11.8 Å². The van der Waals surface area contributed by atoms with Gasteiger partial charge in [-0.25, -0.2) is 4.79 Å². The van der Waals surface area contributed by atoms with E-state index in [9.17, 15) is 4.79 Å². The largest absolute Gasteiger partial charge is 0.444 e. The third kappa shape index (κ3) is 4.73. The number of nitrogens with two attached hydrogens (primary N) is 1. The molecule has 1 aliphatic heterocycles. The maximum atomic E-state index is 12.2. The van der Waals surface area contributed by atoms with Gasteiger partial charge < -0.3 is 15.4 Å². The van der Waals surface area contributed by atoms with Gasteiger partial charge >= 0.3 is 6.09 Å². The first kappa shape index (κ1) is 16.8. The zero-order chi connectivity index (χ0) is 16.2. The first-order chi connectivity index (χ1) is 10.4. The van der Waals surface area contributed by atoms with Crippen LogP contribution in [0.4, 0.5) is 4.79 Å². The van der Waals surface area contributed by atoms with Crippen molar-refractivity contribution in [1.82, 2.24) is 4.90 Å². The summed E-state index contributed by atoms with van der Waals surface area (Å²) in [6, 6.07) is 10.5. The molecule has 0 aliphatic carbocycles. The molecular formula is C18H28N2O2. The van der Waals surface area contributed by atoms with Crippen molar-refractivity contribution < 1.29 is 9.53 Å². The Hall–Kier alpha value is -1.55. The summed E-state index contributed by atoms with van der Waals surface area (Å²) in [6.45, 7) is 7.78. The summed E-state index contributed by atoms with van der Waals surface area (Å²) in [5.74, 6) is 0.828. The summed E-state index contributed by atoms with van der Waals surface area (Å²) in [4.78, 5) is 14.0. The van der Waals surface area contributed by atoms with Crippen molar-refractivity contribution in [3.8, 4) is 0 Å². The third-order valence-corrected chi connectivity index (χ3v) is 4.18. The van der Waals surface area contributed by atoms with E-state index in [4.69, 9.17) is 10.5 Å². The number of hydrogen-bond donors (Lipinski definition) is 1. The molecule has 122 valence electrons. The van der Waals surface area contributed by atoms with Gasteiger partial charge in [-0.05, 0) is 57.6 Å². The number of nitrogens with zero attached hydrogens (tertiary/aromatic N) is 1. The van der Waals surface area contributed by atoms with Crippen LogP contribution in [0.15, 0.2) is 30.3 Å². The van der Waals surface area contributed by atoms with Gasteiger partial charge in [-0.15, -0.1) is 0 Å². The van der Waals surface area contributed by atoms with Gasteiger partial charge in [0.05, 0.1) is 0 Å². The van der Waals surface area contributed by atoms with Gasteiger partial charge in [0.25, 0.3) is 0 Å². The van der Waals surface area contributed by atoms with Crippen molar-refractivity contribution in [3.63, 3.8) is 0 Å². The maximum Gasteiger partial charge on any atom is 0.410 e. The van der Waals surface area contributed by atoms with Crippen LogP contribution in [0.1, 0.15) is 32.8 Å². The molecule has 2 atom stereocenters. The normalized spacial score (nSPS) is 21.9. The predicted molar refractivity (Wildman–Crippen MR) is 88.6 cm³/mol. The molecule has 1 aromatic rings.